The molecule has 0 amide bonds. The third kappa shape index (κ3) is 10.5. The van der Waals surface area contributed by atoms with E-state index < -0.39 is 0 Å². The zero-order valence-corrected chi connectivity index (χ0v) is 12.3. The van der Waals surface area contributed by atoms with Crippen LogP contribution in [0.3, 0.4) is 0 Å². The van der Waals surface area contributed by atoms with Crippen molar-refractivity contribution in [2.45, 2.75) is 78.7 Å². The van der Waals surface area contributed by atoms with Crippen molar-refractivity contribution in [2.24, 2.45) is 5.92 Å². The van der Waals surface area contributed by atoms with Crippen molar-refractivity contribution in [3.05, 3.63) is 0 Å². The van der Waals surface area contributed by atoms with E-state index in [1.54, 1.807) is 0 Å². The van der Waals surface area contributed by atoms with Gasteiger partial charge in [-0.2, -0.15) is 0 Å². The first-order valence-electron chi connectivity index (χ1n) is 7.24. The van der Waals surface area contributed by atoms with Crippen molar-refractivity contribution in [3.63, 3.8) is 0 Å². The Morgan fingerprint density at radius 1 is 0.750 bits per heavy atom. The molecular formula is C15H33N. The zero-order chi connectivity index (χ0) is 12.4. The number of hydrogen-bond acceptors (Lipinski definition) is 1. The van der Waals surface area contributed by atoms with E-state index in [0.29, 0.717) is 6.04 Å². The summed E-state index contributed by atoms with van der Waals surface area (Å²) < 4.78 is 0. The Morgan fingerprint density at radius 3 is 1.75 bits per heavy atom. The molecule has 0 fully saturated rings. The van der Waals surface area contributed by atoms with E-state index in [4.69, 9.17) is 0 Å². The number of rotatable bonds is 10. The van der Waals surface area contributed by atoms with Gasteiger partial charge in [-0.15, -0.1) is 0 Å². The molecule has 0 bridgehead atoms. The van der Waals surface area contributed by atoms with Crippen LogP contribution < -0.4 is 0 Å². The Kier molecular flexibility index (Phi) is 10.1. The summed E-state index contributed by atoms with van der Waals surface area (Å²) in [6, 6.07) is 0.700. The predicted molar refractivity (Wildman–Crippen MR) is 74.9 cm³/mol. The molecule has 0 atom stereocenters. The second-order valence-corrected chi connectivity index (χ2v) is 5.88. The van der Waals surface area contributed by atoms with Crippen LogP contribution in [0.4, 0.5) is 0 Å². The normalized spacial score (nSPS) is 12.0. The molecule has 1 heteroatoms. The molecule has 0 spiro atoms. The monoisotopic (exact) mass is 227 g/mol. The average Bonchev–Trinajstić information content (AvgIpc) is 2.21. The molecule has 0 aliphatic rings. The summed E-state index contributed by atoms with van der Waals surface area (Å²) >= 11 is 0. The van der Waals surface area contributed by atoms with Crippen molar-refractivity contribution in [1.29, 1.82) is 0 Å². The van der Waals surface area contributed by atoms with Crippen LogP contribution in [0, 0.1) is 5.92 Å². The highest BCUT2D eigenvalue weighted by Gasteiger charge is 2.01. The summed E-state index contributed by atoms with van der Waals surface area (Å²) in [4.78, 5) is 2.44. The Labute approximate surface area is 104 Å². The van der Waals surface area contributed by atoms with Gasteiger partial charge >= 0.3 is 0 Å². The first kappa shape index (κ1) is 16.0. The van der Waals surface area contributed by atoms with Gasteiger partial charge in [-0.25, -0.2) is 0 Å². The lowest BCUT2D eigenvalue weighted by atomic mass is 10.0. The first-order chi connectivity index (χ1) is 7.54. The molecule has 0 aromatic carbocycles. The molecule has 1 nitrogen and oxygen atoms in total. The molecule has 0 N–H and O–H groups in total. The summed E-state index contributed by atoms with van der Waals surface area (Å²) in [6.07, 6.45) is 9.96. The zero-order valence-electron chi connectivity index (χ0n) is 12.3. The van der Waals surface area contributed by atoms with Crippen molar-refractivity contribution in [2.75, 3.05) is 13.6 Å². The van der Waals surface area contributed by atoms with E-state index in [2.05, 4.69) is 39.6 Å². The van der Waals surface area contributed by atoms with Gasteiger partial charge in [0, 0.05) is 6.04 Å². The molecule has 0 aliphatic heterocycles. The number of hydrogen-bond donors (Lipinski definition) is 0. The molecule has 0 aromatic heterocycles. The van der Waals surface area contributed by atoms with Crippen LogP contribution in [0.15, 0.2) is 0 Å². The van der Waals surface area contributed by atoms with E-state index in [0.717, 1.165) is 5.92 Å². The highest BCUT2D eigenvalue weighted by atomic mass is 15.1. The fourth-order valence-corrected chi connectivity index (χ4v) is 1.88. The molecule has 0 rings (SSSR count). The molecule has 0 unspecified atom stereocenters. The van der Waals surface area contributed by atoms with Crippen LogP contribution in [0.5, 0.6) is 0 Å². The van der Waals surface area contributed by atoms with Gasteiger partial charge in [0.15, 0.2) is 0 Å². The van der Waals surface area contributed by atoms with Crippen LogP contribution >= 0.6 is 0 Å². The third-order valence-corrected chi connectivity index (χ3v) is 3.42. The van der Waals surface area contributed by atoms with E-state index >= 15 is 0 Å². The fourth-order valence-electron chi connectivity index (χ4n) is 1.88. The Bertz CT molecular complexity index is 140. The van der Waals surface area contributed by atoms with Gasteiger partial charge in [0.1, 0.15) is 0 Å². The van der Waals surface area contributed by atoms with Crippen LogP contribution in [-0.2, 0) is 0 Å². The lowest BCUT2D eigenvalue weighted by molar-refractivity contribution is 0.267. The molecule has 0 aliphatic carbocycles. The topological polar surface area (TPSA) is 3.24 Å². The second kappa shape index (κ2) is 10.1. The minimum atomic E-state index is 0.700. The first-order valence-corrected chi connectivity index (χ1v) is 7.24. The smallest absolute Gasteiger partial charge is 0.00355 e. The average molecular weight is 227 g/mol. The van der Waals surface area contributed by atoms with Crippen LogP contribution in [0.1, 0.15) is 72.6 Å². The van der Waals surface area contributed by atoms with Gasteiger partial charge in [-0.3, -0.25) is 0 Å². The van der Waals surface area contributed by atoms with Gasteiger partial charge in [0.25, 0.3) is 0 Å². The summed E-state index contributed by atoms with van der Waals surface area (Å²) in [5.41, 5.74) is 0. The Balaban J connectivity index is 3.10. The molecule has 0 heterocycles. The number of unbranched alkanes of at least 4 members (excludes halogenated alkanes) is 5. The fraction of sp³-hybridized carbons (Fsp3) is 1.00. The Hall–Kier alpha value is -0.0400. The summed E-state index contributed by atoms with van der Waals surface area (Å²) in [5.74, 6) is 0.889. The SMILES string of the molecule is CC(C)CCCCCCCCN(C)C(C)C. The molecule has 0 radical (unpaired) electrons. The molecule has 0 aromatic rings. The van der Waals surface area contributed by atoms with Crippen molar-refractivity contribution < 1.29 is 0 Å². The Morgan fingerprint density at radius 2 is 1.25 bits per heavy atom. The van der Waals surface area contributed by atoms with E-state index in [1.807, 2.05) is 0 Å². The maximum Gasteiger partial charge on any atom is 0.00355 e. The van der Waals surface area contributed by atoms with Crippen LogP contribution in [0.2, 0.25) is 0 Å². The highest BCUT2D eigenvalue weighted by Crippen LogP contribution is 2.11. The van der Waals surface area contributed by atoms with Crippen LogP contribution in [0.25, 0.3) is 0 Å². The summed E-state index contributed by atoms with van der Waals surface area (Å²) in [5, 5.41) is 0. The second-order valence-electron chi connectivity index (χ2n) is 5.88. The lowest BCUT2D eigenvalue weighted by Crippen LogP contribution is -2.27. The maximum atomic E-state index is 2.44. The maximum absolute atomic E-state index is 2.44. The molecule has 0 saturated carbocycles. The molecule has 98 valence electrons. The van der Waals surface area contributed by atoms with Gasteiger partial charge in [-0.05, 0) is 39.8 Å². The number of nitrogens with zero attached hydrogens (tertiary/aromatic N) is 1. The molecule has 0 saturated heterocycles. The lowest BCUT2D eigenvalue weighted by Gasteiger charge is -2.20. The van der Waals surface area contributed by atoms with Gasteiger partial charge in [0.2, 0.25) is 0 Å². The molecular weight excluding hydrogens is 194 g/mol. The van der Waals surface area contributed by atoms with Gasteiger partial charge in [0.05, 0.1) is 0 Å². The molecule has 16 heavy (non-hydrogen) atoms. The third-order valence-electron chi connectivity index (χ3n) is 3.42. The standard InChI is InChI=1S/C15H33N/c1-14(2)12-10-8-6-7-9-11-13-16(5)15(3)4/h14-15H,6-13H2,1-5H3. The summed E-state index contributed by atoms with van der Waals surface area (Å²) in [7, 11) is 2.23. The van der Waals surface area contributed by atoms with Gasteiger partial charge < -0.3 is 4.90 Å². The van der Waals surface area contributed by atoms with E-state index in [-0.39, 0.29) is 0 Å². The predicted octanol–water partition coefficient (Wildman–Crippen LogP) is 4.71. The van der Waals surface area contributed by atoms with Crippen molar-refractivity contribution in [3.8, 4) is 0 Å². The van der Waals surface area contributed by atoms with Crippen molar-refractivity contribution in [1.82, 2.24) is 4.90 Å². The quantitative estimate of drug-likeness (QED) is 0.488. The van der Waals surface area contributed by atoms with Crippen molar-refractivity contribution >= 4 is 0 Å². The van der Waals surface area contributed by atoms with E-state index in [9.17, 15) is 0 Å². The minimum Gasteiger partial charge on any atom is -0.304 e. The van der Waals surface area contributed by atoms with E-state index in [1.165, 1.54) is 51.5 Å². The van der Waals surface area contributed by atoms with Crippen LogP contribution in [-0.4, -0.2) is 24.5 Å². The summed E-state index contributed by atoms with van der Waals surface area (Å²) in [6.45, 7) is 10.4. The van der Waals surface area contributed by atoms with Gasteiger partial charge in [-0.1, -0.05) is 52.4 Å². The largest absolute Gasteiger partial charge is 0.304 e. The highest BCUT2D eigenvalue weighted by molar-refractivity contribution is 4.57. The minimum absolute atomic E-state index is 0.700.